The first-order valence-corrected chi connectivity index (χ1v) is 22.4. The van der Waals surface area contributed by atoms with Gasteiger partial charge < -0.3 is 38.2 Å². The maximum atomic E-state index is 12.9. The van der Waals surface area contributed by atoms with E-state index in [9.17, 15) is 31.0 Å². The van der Waals surface area contributed by atoms with E-state index in [0.29, 0.717) is 91.1 Å². The van der Waals surface area contributed by atoms with Gasteiger partial charge in [0.25, 0.3) is 20.2 Å². The molecule has 0 bridgehead atoms. The van der Waals surface area contributed by atoms with Gasteiger partial charge in [-0.2, -0.15) is 16.8 Å². The molecule has 0 saturated heterocycles. The Kier molecular flexibility index (Phi) is 22.8. The molecule has 1 aromatic heterocycles. The molecular formula is C35H56N4O14S3. The number of hydrogen-bond acceptors (Lipinski definition) is 17. The molecule has 2 rings (SSSR count). The molecule has 1 aromatic carbocycles. The molecule has 2 aromatic rings. The molecule has 0 saturated carbocycles. The van der Waals surface area contributed by atoms with Gasteiger partial charge in [0.2, 0.25) is 0 Å². The van der Waals surface area contributed by atoms with Crippen molar-refractivity contribution in [3.63, 3.8) is 0 Å². The summed E-state index contributed by atoms with van der Waals surface area (Å²) in [6.45, 7) is 15.7. The van der Waals surface area contributed by atoms with Crippen molar-refractivity contribution in [2.24, 2.45) is 10.2 Å². The van der Waals surface area contributed by atoms with Crippen molar-refractivity contribution in [3.8, 4) is 0 Å². The Morgan fingerprint density at radius 2 is 1.30 bits per heavy atom. The van der Waals surface area contributed by atoms with Crippen molar-refractivity contribution >= 4 is 59.9 Å². The summed E-state index contributed by atoms with van der Waals surface area (Å²) in [6, 6.07) is 5.55. The highest BCUT2D eigenvalue weighted by Crippen LogP contribution is 2.39. The van der Waals surface area contributed by atoms with E-state index in [-0.39, 0.29) is 40.0 Å². The molecule has 0 aliphatic heterocycles. The maximum Gasteiger partial charge on any atom is 0.348 e. The van der Waals surface area contributed by atoms with Crippen LogP contribution in [-0.2, 0) is 54.4 Å². The van der Waals surface area contributed by atoms with Crippen molar-refractivity contribution < 1.29 is 64.0 Å². The predicted molar refractivity (Wildman–Crippen MR) is 211 cm³/mol. The summed E-state index contributed by atoms with van der Waals surface area (Å²) in [4.78, 5) is 29.5. The van der Waals surface area contributed by atoms with Crippen LogP contribution in [0.3, 0.4) is 0 Å². The van der Waals surface area contributed by atoms with Crippen LogP contribution >= 0.6 is 11.3 Å². The molecule has 21 heteroatoms. The smallest absolute Gasteiger partial charge is 0.348 e. The van der Waals surface area contributed by atoms with Crippen LogP contribution in [0, 0.1) is 6.92 Å². The van der Waals surface area contributed by atoms with E-state index in [2.05, 4.69) is 20.0 Å². The van der Waals surface area contributed by atoms with Crippen LogP contribution in [-0.4, -0.2) is 147 Å². The maximum absolute atomic E-state index is 12.9. The van der Waals surface area contributed by atoms with E-state index < -0.39 is 37.9 Å². The average molecular weight is 853 g/mol. The van der Waals surface area contributed by atoms with Gasteiger partial charge >= 0.3 is 11.9 Å². The predicted octanol–water partition coefficient (Wildman–Crippen LogP) is 4.71. The Morgan fingerprint density at radius 3 is 1.82 bits per heavy atom. The molecule has 0 unspecified atom stereocenters. The average Bonchev–Trinajstić information content (AvgIpc) is 3.48. The fourth-order valence-corrected chi connectivity index (χ4v) is 7.43. The number of carbonyl (C=O) groups excluding carboxylic acids is 2. The van der Waals surface area contributed by atoms with Crippen molar-refractivity contribution in [3.05, 3.63) is 39.8 Å². The van der Waals surface area contributed by atoms with Crippen LogP contribution in [0.5, 0.6) is 0 Å². The third kappa shape index (κ3) is 18.9. The molecule has 56 heavy (non-hydrogen) atoms. The van der Waals surface area contributed by atoms with Crippen LogP contribution in [0.4, 0.5) is 16.4 Å². The minimum absolute atomic E-state index is 0.000133. The van der Waals surface area contributed by atoms with Crippen molar-refractivity contribution in [2.45, 2.75) is 46.8 Å². The number of esters is 2. The zero-order valence-corrected chi connectivity index (χ0v) is 35.2. The Balaban J connectivity index is 1.80. The lowest BCUT2D eigenvalue weighted by Crippen LogP contribution is -2.30. The minimum atomic E-state index is -4.64. The number of likely N-dealkylation sites (N-methyl/N-ethyl adjacent to an activating group) is 2. The Labute approximate surface area is 333 Å². The van der Waals surface area contributed by atoms with Gasteiger partial charge in [-0.3, -0.25) is 9.11 Å². The second-order valence-corrected chi connectivity index (χ2v) is 16.1. The number of anilines is 1. The van der Waals surface area contributed by atoms with Crippen molar-refractivity contribution in [1.29, 1.82) is 0 Å². The molecule has 2 N–H and O–H groups in total. The summed E-state index contributed by atoms with van der Waals surface area (Å²) in [5.41, 5.74) is 1.61. The Hall–Kier alpha value is -3.12. The first kappa shape index (κ1) is 49.0. The highest BCUT2D eigenvalue weighted by atomic mass is 32.2. The number of azo groups is 1. The summed E-state index contributed by atoms with van der Waals surface area (Å²) in [5, 5.41) is 8.43. The first-order chi connectivity index (χ1) is 26.6. The molecule has 18 nitrogen and oxygen atoms in total. The van der Waals surface area contributed by atoms with Gasteiger partial charge in [-0.1, -0.05) is 6.92 Å². The summed E-state index contributed by atoms with van der Waals surface area (Å²) >= 11 is 0.721. The third-order valence-corrected chi connectivity index (χ3v) is 10.5. The van der Waals surface area contributed by atoms with Crippen LogP contribution in [0.2, 0.25) is 0 Å². The molecule has 0 spiro atoms. The quantitative estimate of drug-likeness (QED) is 0.0469. The summed E-state index contributed by atoms with van der Waals surface area (Å²) in [6.07, 6.45) is 0.365. The lowest BCUT2D eigenvalue weighted by Gasteiger charge is -2.23. The van der Waals surface area contributed by atoms with E-state index in [1.54, 1.807) is 19.9 Å². The number of hydrogen-bond donors (Lipinski definition) is 2. The highest BCUT2D eigenvalue weighted by Gasteiger charge is 2.31. The van der Waals surface area contributed by atoms with Crippen LogP contribution in [0.1, 0.15) is 65.3 Å². The Morgan fingerprint density at radius 1 is 0.732 bits per heavy atom. The van der Waals surface area contributed by atoms with Crippen molar-refractivity contribution in [2.75, 3.05) is 109 Å². The molecule has 0 aliphatic rings. The number of thiophene rings is 1. The van der Waals surface area contributed by atoms with Gasteiger partial charge in [-0.15, -0.1) is 21.6 Å². The number of rotatable bonds is 30. The lowest BCUT2D eigenvalue weighted by atomic mass is 10.1. The SMILES string of the molecule is CCOC(=O)c1sc(/N=N/c2ccc(N(CC)CCOCCOCCOCCOCCN(CC)CCCS(=O)(=O)O)cc2C)c(C(=O)OCC)c1CS(=O)(=O)O. The van der Waals surface area contributed by atoms with Crippen LogP contribution in [0.25, 0.3) is 0 Å². The normalized spacial score (nSPS) is 12.1. The third-order valence-electron chi connectivity index (χ3n) is 7.93. The van der Waals surface area contributed by atoms with Gasteiger partial charge in [-0.25, -0.2) is 9.59 Å². The van der Waals surface area contributed by atoms with E-state index in [4.69, 9.17) is 33.0 Å². The van der Waals surface area contributed by atoms with E-state index in [1.165, 1.54) is 0 Å². The van der Waals surface area contributed by atoms with Gasteiger partial charge in [-0.05, 0) is 71.0 Å². The van der Waals surface area contributed by atoms with Gasteiger partial charge in [0.15, 0.2) is 5.00 Å². The standard InChI is InChI=1S/C35H56N4O14S3/c1-6-38(13-10-24-55(42,43)44)14-16-48-18-20-50-22-23-51-21-19-49-17-15-39(7-2)28-11-12-30(27(5)25-28)36-37-33-31(34(40)52-8-3)29(26-56(45,46)47)32(54-33)35(41)53-9-4/h11-12,25H,6-10,13-24,26H2,1-5H3,(H,42,43,44)(H,45,46,47)/b37-36+. The molecule has 0 fully saturated rings. The number of nitrogens with zero attached hydrogens (tertiary/aromatic N) is 4. The van der Waals surface area contributed by atoms with Crippen LogP contribution in [0.15, 0.2) is 28.4 Å². The molecule has 1 heterocycles. The number of benzene rings is 1. The van der Waals surface area contributed by atoms with E-state index in [0.717, 1.165) is 29.1 Å². The topological polar surface area (TPSA) is 229 Å². The van der Waals surface area contributed by atoms with Gasteiger partial charge in [0.1, 0.15) is 16.2 Å². The summed E-state index contributed by atoms with van der Waals surface area (Å²) in [5.74, 6) is -3.05. The number of ether oxygens (including phenoxy) is 6. The van der Waals surface area contributed by atoms with E-state index in [1.807, 2.05) is 32.9 Å². The lowest BCUT2D eigenvalue weighted by molar-refractivity contribution is -0.00310. The number of aryl methyl sites for hydroxylation is 1. The monoisotopic (exact) mass is 852 g/mol. The molecule has 0 amide bonds. The molecular weight excluding hydrogens is 797 g/mol. The molecule has 0 atom stereocenters. The molecule has 318 valence electrons. The van der Waals surface area contributed by atoms with Gasteiger partial charge in [0.05, 0.1) is 77.5 Å². The van der Waals surface area contributed by atoms with E-state index >= 15 is 0 Å². The fraction of sp³-hybridized carbons (Fsp3) is 0.657. The molecule has 0 aliphatic carbocycles. The van der Waals surface area contributed by atoms with Gasteiger partial charge in [0, 0.05) is 30.9 Å². The fourth-order valence-electron chi connectivity index (χ4n) is 5.16. The zero-order chi connectivity index (χ0) is 41.6. The summed E-state index contributed by atoms with van der Waals surface area (Å²) < 4.78 is 96.3. The second-order valence-electron chi connectivity index (χ2n) is 12.0. The zero-order valence-electron chi connectivity index (χ0n) is 32.8. The first-order valence-electron chi connectivity index (χ1n) is 18.3. The largest absolute Gasteiger partial charge is 0.462 e. The Bertz CT molecular complexity index is 1750. The highest BCUT2D eigenvalue weighted by molar-refractivity contribution is 7.85. The number of carbonyl (C=O) groups is 2. The van der Waals surface area contributed by atoms with Crippen LogP contribution < -0.4 is 4.90 Å². The van der Waals surface area contributed by atoms with Crippen molar-refractivity contribution in [1.82, 2.24) is 4.90 Å². The second kappa shape index (κ2) is 26.0. The summed E-state index contributed by atoms with van der Waals surface area (Å²) in [7, 11) is -8.58. The molecule has 0 radical (unpaired) electrons. The minimum Gasteiger partial charge on any atom is -0.462 e.